The van der Waals surface area contributed by atoms with Crippen molar-refractivity contribution in [1.82, 2.24) is 15.3 Å². The first-order chi connectivity index (χ1) is 13.7. The normalized spacial score (nSPS) is 16.8. The first-order valence-corrected chi connectivity index (χ1v) is 10.6. The predicted molar refractivity (Wildman–Crippen MR) is 104 cm³/mol. The molecule has 0 spiro atoms. The summed E-state index contributed by atoms with van der Waals surface area (Å²) in [6.45, 7) is 2.41. The summed E-state index contributed by atoms with van der Waals surface area (Å²) in [6.07, 6.45) is 6.38. The third kappa shape index (κ3) is 2.68. The van der Waals surface area contributed by atoms with Gasteiger partial charge in [0.1, 0.15) is 18.1 Å². The molecule has 2 aliphatic heterocycles. The molecule has 0 bridgehead atoms. The van der Waals surface area contributed by atoms with Gasteiger partial charge in [-0.25, -0.2) is 8.42 Å². The Labute approximate surface area is 162 Å². The number of sulfone groups is 1. The molecule has 0 saturated carbocycles. The van der Waals surface area contributed by atoms with E-state index in [-0.39, 0.29) is 15.5 Å². The first kappa shape index (κ1) is 17.3. The summed E-state index contributed by atoms with van der Waals surface area (Å²) in [6, 6.07) is 6.46. The van der Waals surface area contributed by atoms with Gasteiger partial charge >= 0.3 is 0 Å². The van der Waals surface area contributed by atoms with Gasteiger partial charge in [0.2, 0.25) is 9.84 Å². The number of para-hydroxylation sites is 1. The second-order valence-electron chi connectivity index (χ2n) is 6.70. The number of aromatic amines is 1. The number of nitrogens with one attached hydrogen (secondary N) is 2. The largest absolute Gasteiger partial charge is 0.486 e. The molecule has 5 rings (SSSR count). The van der Waals surface area contributed by atoms with Crippen LogP contribution in [0.4, 0.5) is 0 Å². The molecule has 0 aliphatic carbocycles. The lowest BCUT2D eigenvalue weighted by molar-refractivity contribution is 0.167. The molecule has 0 fully saturated rings. The smallest absolute Gasteiger partial charge is 0.212 e. The van der Waals surface area contributed by atoms with Crippen LogP contribution in [0.2, 0.25) is 0 Å². The molecule has 0 atom stereocenters. The van der Waals surface area contributed by atoms with Gasteiger partial charge in [0.25, 0.3) is 0 Å². The number of rotatable bonds is 3. The lowest BCUT2D eigenvalue weighted by Crippen LogP contribution is -2.20. The van der Waals surface area contributed by atoms with Crippen LogP contribution in [-0.4, -0.2) is 44.7 Å². The van der Waals surface area contributed by atoms with Crippen LogP contribution in [0.25, 0.3) is 16.6 Å². The molecule has 4 heterocycles. The number of pyridine rings is 1. The summed E-state index contributed by atoms with van der Waals surface area (Å²) < 4.78 is 38.2. The van der Waals surface area contributed by atoms with Crippen molar-refractivity contribution in [3.05, 3.63) is 48.3 Å². The highest BCUT2D eigenvalue weighted by Crippen LogP contribution is 2.40. The van der Waals surface area contributed by atoms with Crippen LogP contribution in [0.3, 0.4) is 0 Å². The van der Waals surface area contributed by atoms with Crippen molar-refractivity contribution in [1.29, 1.82) is 0 Å². The third-order valence-corrected chi connectivity index (χ3v) is 6.87. The fourth-order valence-electron chi connectivity index (χ4n) is 3.71. The molecule has 2 N–H and O–H groups in total. The van der Waals surface area contributed by atoms with Crippen molar-refractivity contribution in [3.8, 4) is 11.5 Å². The van der Waals surface area contributed by atoms with Crippen molar-refractivity contribution in [3.63, 3.8) is 0 Å². The number of hydrogen-bond donors (Lipinski definition) is 2. The molecular formula is C20H19N3O4S. The second kappa shape index (κ2) is 6.65. The number of nitrogens with zero attached hydrogens (tertiary/aromatic N) is 1. The molecule has 0 radical (unpaired) electrons. The maximum absolute atomic E-state index is 13.5. The molecule has 28 heavy (non-hydrogen) atoms. The maximum Gasteiger partial charge on any atom is 0.212 e. The van der Waals surface area contributed by atoms with Crippen LogP contribution >= 0.6 is 0 Å². The average Bonchev–Trinajstić information content (AvgIpc) is 3.18. The lowest BCUT2D eigenvalue weighted by Gasteiger charge is -2.20. The van der Waals surface area contributed by atoms with Gasteiger partial charge in [-0.2, -0.15) is 0 Å². The Hall–Kier alpha value is -2.84. The van der Waals surface area contributed by atoms with Gasteiger partial charge in [0.05, 0.1) is 15.9 Å². The van der Waals surface area contributed by atoms with E-state index < -0.39 is 9.84 Å². The summed E-state index contributed by atoms with van der Waals surface area (Å²) in [4.78, 5) is 7.88. The molecule has 3 aromatic rings. The minimum atomic E-state index is -3.83. The van der Waals surface area contributed by atoms with E-state index in [9.17, 15) is 8.42 Å². The van der Waals surface area contributed by atoms with Crippen LogP contribution in [0.5, 0.6) is 11.5 Å². The van der Waals surface area contributed by atoms with Gasteiger partial charge < -0.3 is 19.8 Å². The van der Waals surface area contributed by atoms with E-state index in [4.69, 9.17) is 9.47 Å². The van der Waals surface area contributed by atoms with E-state index in [0.29, 0.717) is 30.0 Å². The van der Waals surface area contributed by atoms with Crippen molar-refractivity contribution < 1.29 is 17.9 Å². The Morgan fingerprint density at radius 3 is 2.82 bits per heavy atom. The molecule has 144 valence electrons. The number of hydrogen-bond acceptors (Lipinski definition) is 6. The van der Waals surface area contributed by atoms with Gasteiger partial charge in [-0.05, 0) is 36.7 Å². The van der Waals surface area contributed by atoms with Crippen LogP contribution in [0, 0.1) is 0 Å². The molecular weight excluding hydrogens is 378 g/mol. The van der Waals surface area contributed by atoms with Gasteiger partial charge in [0.15, 0.2) is 11.5 Å². The Bertz CT molecular complexity index is 1200. The molecule has 0 saturated heterocycles. The fraction of sp³-hybridized carbons (Fsp3) is 0.250. The highest BCUT2D eigenvalue weighted by molar-refractivity contribution is 7.91. The minimum Gasteiger partial charge on any atom is -0.486 e. The van der Waals surface area contributed by atoms with Crippen molar-refractivity contribution >= 4 is 26.4 Å². The maximum atomic E-state index is 13.5. The fourth-order valence-corrected chi connectivity index (χ4v) is 5.28. The molecule has 1 aromatic carbocycles. The molecule has 8 heteroatoms. The number of benzene rings is 1. The summed E-state index contributed by atoms with van der Waals surface area (Å²) in [5, 5.41) is 3.28. The standard InChI is InChI=1S/C20H19N3O4S/c24-28(25,17-3-1-2-15-20(17)27-11-10-26-15)16-6-9-22-18-14(12-23-19(16)18)13-4-7-21-8-5-13/h1-4,6,9,12,21,23H,5,7-8,10-11H2. The van der Waals surface area contributed by atoms with E-state index >= 15 is 0 Å². The summed E-state index contributed by atoms with van der Waals surface area (Å²) in [5.41, 5.74) is 3.28. The molecule has 7 nitrogen and oxygen atoms in total. The number of fused-ring (bicyclic) bond motifs is 2. The van der Waals surface area contributed by atoms with Crippen LogP contribution in [0.1, 0.15) is 12.0 Å². The van der Waals surface area contributed by atoms with E-state index in [0.717, 1.165) is 25.1 Å². The topological polar surface area (TPSA) is 93.3 Å². The van der Waals surface area contributed by atoms with Crippen molar-refractivity contribution in [2.75, 3.05) is 26.3 Å². The Morgan fingerprint density at radius 1 is 1.07 bits per heavy atom. The zero-order chi connectivity index (χ0) is 19.1. The van der Waals surface area contributed by atoms with E-state index in [1.807, 2.05) is 6.20 Å². The Morgan fingerprint density at radius 2 is 1.96 bits per heavy atom. The predicted octanol–water partition coefficient (Wildman–Crippen LogP) is 2.54. The monoisotopic (exact) mass is 397 g/mol. The molecule has 2 aliphatic rings. The highest BCUT2D eigenvalue weighted by atomic mass is 32.2. The zero-order valence-corrected chi connectivity index (χ0v) is 15.9. The number of aromatic nitrogens is 2. The SMILES string of the molecule is O=S(=O)(c1cccc2c1OCCO2)c1ccnc2c(C3=CCNCC3)c[nH]c12. The van der Waals surface area contributed by atoms with E-state index in [2.05, 4.69) is 21.4 Å². The summed E-state index contributed by atoms with van der Waals surface area (Å²) in [7, 11) is -3.83. The van der Waals surface area contributed by atoms with E-state index in [1.54, 1.807) is 24.4 Å². The van der Waals surface area contributed by atoms with Gasteiger partial charge in [0, 0.05) is 24.5 Å². The average molecular weight is 397 g/mol. The van der Waals surface area contributed by atoms with Crippen molar-refractivity contribution in [2.45, 2.75) is 16.2 Å². The Balaban J connectivity index is 1.68. The van der Waals surface area contributed by atoms with Crippen LogP contribution < -0.4 is 14.8 Å². The zero-order valence-electron chi connectivity index (χ0n) is 15.1. The summed E-state index contributed by atoms with van der Waals surface area (Å²) >= 11 is 0. The van der Waals surface area contributed by atoms with Gasteiger partial charge in [-0.3, -0.25) is 4.98 Å². The second-order valence-corrected chi connectivity index (χ2v) is 8.59. The summed E-state index contributed by atoms with van der Waals surface area (Å²) in [5.74, 6) is 0.719. The number of ether oxygens (including phenoxy) is 2. The lowest BCUT2D eigenvalue weighted by atomic mass is 10.0. The quantitative estimate of drug-likeness (QED) is 0.706. The van der Waals surface area contributed by atoms with Crippen LogP contribution in [0.15, 0.2) is 52.5 Å². The number of H-pyrrole nitrogens is 1. The highest BCUT2D eigenvalue weighted by Gasteiger charge is 2.29. The van der Waals surface area contributed by atoms with Gasteiger partial charge in [-0.15, -0.1) is 0 Å². The minimum absolute atomic E-state index is 0.106. The first-order valence-electron chi connectivity index (χ1n) is 9.16. The van der Waals surface area contributed by atoms with Crippen LogP contribution in [-0.2, 0) is 9.84 Å². The Kier molecular flexibility index (Phi) is 4.10. The molecule has 0 unspecified atom stereocenters. The molecule has 2 aromatic heterocycles. The third-order valence-electron chi connectivity index (χ3n) is 5.05. The molecule has 0 amide bonds. The van der Waals surface area contributed by atoms with Crippen molar-refractivity contribution in [2.24, 2.45) is 0 Å². The van der Waals surface area contributed by atoms with Gasteiger partial charge in [-0.1, -0.05) is 12.1 Å². The van der Waals surface area contributed by atoms with E-state index in [1.165, 1.54) is 11.6 Å².